The molecule has 1 aliphatic rings. The van der Waals surface area contributed by atoms with Gasteiger partial charge in [0.25, 0.3) is 5.91 Å². The van der Waals surface area contributed by atoms with Crippen LogP contribution in [0.2, 0.25) is 0 Å². The average molecular weight is 287 g/mol. The van der Waals surface area contributed by atoms with Crippen LogP contribution in [0.1, 0.15) is 29.8 Å². The van der Waals surface area contributed by atoms with Gasteiger partial charge in [0, 0.05) is 30.7 Å². The molecule has 0 spiro atoms. The number of nitrogens with one attached hydrogen (secondary N) is 1. The Morgan fingerprint density at radius 2 is 2.14 bits per heavy atom. The highest BCUT2D eigenvalue weighted by atomic mass is 16.5. The van der Waals surface area contributed by atoms with Gasteiger partial charge in [-0.2, -0.15) is 5.26 Å². The first-order valence-corrected chi connectivity index (χ1v) is 7.14. The number of nitrogens with zero attached hydrogens (tertiary/aromatic N) is 2. The summed E-state index contributed by atoms with van der Waals surface area (Å²) in [6.45, 7) is 8.03. The number of hydrogen-bond acceptors (Lipinski definition) is 4. The van der Waals surface area contributed by atoms with Gasteiger partial charge in [-0.25, -0.2) is 0 Å². The van der Waals surface area contributed by atoms with E-state index < -0.39 is 0 Å². The maximum absolute atomic E-state index is 12.2. The number of hydrogen-bond donors (Lipinski definition) is 1. The molecule has 1 aromatic carbocycles. The van der Waals surface area contributed by atoms with Crippen molar-refractivity contribution in [3.8, 4) is 6.07 Å². The van der Waals surface area contributed by atoms with Crippen LogP contribution >= 0.6 is 0 Å². The minimum Gasteiger partial charge on any atom is -0.379 e. The van der Waals surface area contributed by atoms with Gasteiger partial charge in [0.05, 0.1) is 24.8 Å². The van der Waals surface area contributed by atoms with Gasteiger partial charge in [0.15, 0.2) is 0 Å². The third-order valence-corrected chi connectivity index (χ3v) is 3.80. The van der Waals surface area contributed by atoms with Crippen LogP contribution < -0.4 is 5.32 Å². The zero-order chi connectivity index (χ0) is 15.3. The lowest BCUT2D eigenvalue weighted by molar-refractivity contribution is -0.00923. The maximum Gasteiger partial charge on any atom is 0.251 e. The standard InChI is InChI=1S/C16H21N3O2/c1-16(2,19-6-8-21-9-7-19)12-18-15(20)14-5-3-4-13(10-14)11-17/h3-5,10H,6-9,12H2,1-2H3,(H,18,20). The summed E-state index contributed by atoms with van der Waals surface area (Å²) in [5, 5.41) is 11.8. The lowest BCUT2D eigenvalue weighted by Crippen LogP contribution is -2.55. The van der Waals surface area contributed by atoms with E-state index in [9.17, 15) is 4.79 Å². The number of ether oxygens (including phenoxy) is 1. The number of carbonyl (C=O) groups excluding carboxylic acids is 1. The Kier molecular flexibility index (Phi) is 4.94. The summed E-state index contributed by atoms with van der Waals surface area (Å²) in [6.07, 6.45) is 0. The van der Waals surface area contributed by atoms with Crippen LogP contribution in [0.5, 0.6) is 0 Å². The third-order valence-electron chi connectivity index (χ3n) is 3.80. The van der Waals surface area contributed by atoms with E-state index in [1.807, 2.05) is 6.07 Å². The van der Waals surface area contributed by atoms with Crippen molar-refractivity contribution < 1.29 is 9.53 Å². The first-order chi connectivity index (χ1) is 10.0. The smallest absolute Gasteiger partial charge is 0.251 e. The molecule has 1 N–H and O–H groups in total. The summed E-state index contributed by atoms with van der Waals surface area (Å²) in [7, 11) is 0. The highest BCUT2D eigenvalue weighted by Gasteiger charge is 2.28. The first-order valence-electron chi connectivity index (χ1n) is 7.14. The SMILES string of the molecule is CC(C)(CNC(=O)c1cccc(C#N)c1)N1CCOCC1. The van der Waals surface area contributed by atoms with Gasteiger partial charge in [0.1, 0.15) is 0 Å². The highest BCUT2D eigenvalue weighted by Crippen LogP contribution is 2.15. The number of nitriles is 1. The Morgan fingerprint density at radius 3 is 2.81 bits per heavy atom. The largest absolute Gasteiger partial charge is 0.379 e. The minimum atomic E-state index is -0.145. The Balaban J connectivity index is 1.94. The fourth-order valence-corrected chi connectivity index (χ4v) is 2.41. The molecule has 112 valence electrons. The molecule has 0 aromatic heterocycles. The van der Waals surface area contributed by atoms with E-state index in [0.717, 1.165) is 26.3 Å². The molecular formula is C16H21N3O2. The molecule has 0 atom stereocenters. The van der Waals surface area contributed by atoms with Crippen LogP contribution in [-0.4, -0.2) is 49.2 Å². The van der Waals surface area contributed by atoms with Gasteiger partial charge in [0.2, 0.25) is 0 Å². The van der Waals surface area contributed by atoms with Gasteiger partial charge in [-0.1, -0.05) is 6.07 Å². The van der Waals surface area contributed by atoms with Crippen LogP contribution in [0.4, 0.5) is 0 Å². The number of carbonyl (C=O) groups is 1. The molecule has 0 bridgehead atoms. The Labute approximate surface area is 125 Å². The van der Waals surface area contributed by atoms with Gasteiger partial charge in [-0.05, 0) is 32.0 Å². The van der Waals surface area contributed by atoms with E-state index in [1.165, 1.54) is 0 Å². The van der Waals surface area contributed by atoms with E-state index in [1.54, 1.807) is 24.3 Å². The van der Waals surface area contributed by atoms with Crippen molar-refractivity contribution in [2.75, 3.05) is 32.8 Å². The molecular weight excluding hydrogens is 266 g/mol. The molecule has 1 fully saturated rings. The molecule has 1 aliphatic heterocycles. The summed E-state index contributed by atoms with van der Waals surface area (Å²) in [6, 6.07) is 8.78. The predicted octanol–water partition coefficient (Wildman–Crippen LogP) is 1.40. The van der Waals surface area contributed by atoms with Crippen molar-refractivity contribution in [3.63, 3.8) is 0 Å². The number of morpholine rings is 1. The fraction of sp³-hybridized carbons (Fsp3) is 0.500. The van der Waals surface area contributed by atoms with Crippen molar-refractivity contribution in [3.05, 3.63) is 35.4 Å². The Bertz CT molecular complexity index is 543. The van der Waals surface area contributed by atoms with Gasteiger partial charge in [-0.15, -0.1) is 0 Å². The van der Waals surface area contributed by atoms with Crippen molar-refractivity contribution in [1.29, 1.82) is 5.26 Å². The summed E-state index contributed by atoms with van der Waals surface area (Å²) in [5.74, 6) is -0.145. The molecule has 0 aliphatic carbocycles. The van der Waals surface area contributed by atoms with E-state index in [0.29, 0.717) is 17.7 Å². The quantitative estimate of drug-likeness (QED) is 0.909. The summed E-state index contributed by atoms with van der Waals surface area (Å²) in [5.41, 5.74) is 0.897. The van der Waals surface area contributed by atoms with Crippen molar-refractivity contribution in [2.45, 2.75) is 19.4 Å². The lowest BCUT2D eigenvalue weighted by atomic mass is 10.0. The van der Waals surface area contributed by atoms with E-state index in [-0.39, 0.29) is 11.4 Å². The molecule has 0 radical (unpaired) electrons. The molecule has 1 saturated heterocycles. The lowest BCUT2D eigenvalue weighted by Gasteiger charge is -2.40. The second kappa shape index (κ2) is 6.70. The third kappa shape index (κ3) is 4.03. The molecule has 0 saturated carbocycles. The molecule has 1 amide bonds. The fourth-order valence-electron chi connectivity index (χ4n) is 2.41. The topological polar surface area (TPSA) is 65.4 Å². The van der Waals surface area contributed by atoms with Crippen LogP contribution in [-0.2, 0) is 4.74 Å². The van der Waals surface area contributed by atoms with Crippen LogP contribution in [0.25, 0.3) is 0 Å². The van der Waals surface area contributed by atoms with Gasteiger partial charge < -0.3 is 10.1 Å². The number of rotatable bonds is 4. The van der Waals surface area contributed by atoms with E-state index in [2.05, 4.69) is 24.1 Å². The Hall–Kier alpha value is -1.90. The molecule has 1 heterocycles. The van der Waals surface area contributed by atoms with Crippen LogP contribution in [0.3, 0.4) is 0 Å². The maximum atomic E-state index is 12.2. The number of amides is 1. The number of benzene rings is 1. The zero-order valence-electron chi connectivity index (χ0n) is 12.6. The second-order valence-electron chi connectivity index (χ2n) is 5.79. The van der Waals surface area contributed by atoms with Gasteiger partial charge >= 0.3 is 0 Å². The normalized spacial score (nSPS) is 16.2. The van der Waals surface area contributed by atoms with Crippen LogP contribution in [0, 0.1) is 11.3 Å². The van der Waals surface area contributed by atoms with E-state index in [4.69, 9.17) is 10.00 Å². The highest BCUT2D eigenvalue weighted by molar-refractivity contribution is 5.94. The van der Waals surface area contributed by atoms with Crippen molar-refractivity contribution in [1.82, 2.24) is 10.2 Å². The molecule has 21 heavy (non-hydrogen) atoms. The predicted molar refractivity (Wildman–Crippen MR) is 80.0 cm³/mol. The molecule has 0 unspecified atom stereocenters. The average Bonchev–Trinajstić information content (AvgIpc) is 2.53. The Morgan fingerprint density at radius 1 is 1.43 bits per heavy atom. The second-order valence-corrected chi connectivity index (χ2v) is 5.79. The summed E-state index contributed by atoms with van der Waals surface area (Å²) in [4.78, 5) is 14.5. The zero-order valence-corrected chi connectivity index (χ0v) is 12.6. The minimum absolute atomic E-state index is 0.119. The molecule has 5 nitrogen and oxygen atoms in total. The summed E-state index contributed by atoms with van der Waals surface area (Å²) < 4.78 is 5.36. The first kappa shape index (κ1) is 15.5. The monoisotopic (exact) mass is 287 g/mol. The molecule has 1 aromatic rings. The molecule has 5 heteroatoms. The van der Waals surface area contributed by atoms with Gasteiger partial charge in [-0.3, -0.25) is 9.69 Å². The van der Waals surface area contributed by atoms with E-state index >= 15 is 0 Å². The van der Waals surface area contributed by atoms with Crippen molar-refractivity contribution in [2.24, 2.45) is 0 Å². The van der Waals surface area contributed by atoms with Crippen LogP contribution in [0.15, 0.2) is 24.3 Å². The summed E-state index contributed by atoms with van der Waals surface area (Å²) >= 11 is 0. The molecule has 2 rings (SSSR count). The van der Waals surface area contributed by atoms with Crippen molar-refractivity contribution >= 4 is 5.91 Å².